The molecule has 4 N–H and O–H groups in total. The molecule has 198 valence electrons. The van der Waals surface area contributed by atoms with Crippen LogP contribution in [0, 0.1) is 12.8 Å². The van der Waals surface area contributed by atoms with Crippen LogP contribution in [0.2, 0.25) is 0 Å². The van der Waals surface area contributed by atoms with E-state index in [1.165, 1.54) is 12.1 Å². The average molecular weight is 520 g/mol. The summed E-state index contributed by atoms with van der Waals surface area (Å²) in [5.74, 6) is -1.06. The summed E-state index contributed by atoms with van der Waals surface area (Å²) in [7, 11) is -3.99. The summed E-state index contributed by atoms with van der Waals surface area (Å²) in [6.45, 7) is 6.41. The Hall–Kier alpha value is -3.11. The summed E-state index contributed by atoms with van der Waals surface area (Å²) in [5, 5.41) is 24.6. The Kier molecular flexibility index (Phi) is 11.2. The van der Waals surface area contributed by atoms with Gasteiger partial charge < -0.3 is 20.8 Å². The number of hydrogen-bond acceptors (Lipinski definition) is 5. The minimum Gasteiger partial charge on any atom is -0.508 e. The number of sulfonamides is 1. The zero-order valence-corrected chi connectivity index (χ0v) is 21.9. The van der Waals surface area contributed by atoms with Crippen LogP contribution < -0.4 is 10.6 Å². The summed E-state index contributed by atoms with van der Waals surface area (Å²) < 4.78 is 27.7. The number of amides is 2. The van der Waals surface area contributed by atoms with Crippen molar-refractivity contribution in [1.82, 2.24) is 14.9 Å². The molecule has 0 radical (unpaired) electrons. The van der Waals surface area contributed by atoms with Gasteiger partial charge in [-0.2, -0.15) is 4.31 Å². The number of urea groups is 1. The molecule has 0 heterocycles. The van der Waals surface area contributed by atoms with Crippen molar-refractivity contribution in [2.45, 2.75) is 57.4 Å². The van der Waals surface area contributed by atoms with Crippen molar-refractivity contribution in [1.29, 1.82) is 0 Å². The van der Waals surface area contributed by atoms with Gasteiger partial charge in [0.1, 0.15) is 11.8 Å². The van der Waals surface area contributed by atoms with Crippen molar-refractivity contribution in [3.05, 3.63) is 59.7 Å². The number of unbranched alkanes of at least 4 members (excludes halogenated alkanes) is 1. The average Bonchev–Trinajstić information content (AvgIpc) is 2.81. The van der Waals surface area contributed by atoms with Gasteiger partial charge in [0.2, 0.25) is 10.0 Å². The third-order valence-electron chi connectivity index (χ3n) is 5.63. The van der Waals surface area contributed by atoms with E-state index in [9.17, 15) is 28.2 Å². The van der Waals surface area contributed by atoms with E-state index < -0.39 is 22.0 Å². The highest BCUT2D eigenvalue weighted by molar-refractivity contribution is 7.89. The quantitative estimate of drug-likeness (QED) is 0.282. The second-order valence-corrected chi connectivity index (χ2v) is 11.1. The van der Waals surface area contributed by atoms with Crippen LogP contribution in [-0.4, -0.2) is 60.6 Å². The maximum atomic E-state index is 13.3. The van der Waals surface area contributed by atoms with Crippen LogP contribution in [0.5, 0.6) is 5.75 Å². The van der Waals surface area contributed by atoms with E-state index in [4.69, 9.17) is 0 Å². The van der Waals surface area contributed by atoms with Crippen LogP contribution in [0.1, 0.15) is 44.2 Å². The van der Waals surface area contributed by atoms with E-state index >= 15 is 0 Å². The number of carboxylic acid groups (broad SMARTS) is 1. The number of carbonyl (C=O) groups excluding carboxylic acids is 1. The maximum absolute atomic E-state index is 13.3. The predicted octanol–water partition coefficient (Wildman–Crippen LogP) is 3.51. The van der Waals surface area contributed by atoms with Crippen molar-refractivity contribution >= 4 is 22.0 Å². The lowest BCUT2D eigenvalue weighted by molar-refractivity contribution is -0.141. The molecule has 2 amide bonds. The molecule has 0 fully saturated rings. The molecule has 0 saturated heterocycles. The van der Waals surface area contributed by atoms with Crippen LogP contribution in [0.15, 0.2) is 53.4 Å². The van der Waals surface area contributed by atoms with E-state index in [1.54, 1.807) is 36.4 Å². The summed E-state index contributed by atoms with van der Waals surface area (Å²) in [6.07, 6.45) is 1.70. The molecular weight excluding hydrogens is 482 g/mol. The molecule has 0 aliphatic heterocycles. The number of rotatable bonds is 14. The predicted molar refractivity (Wildman–Crippen MR) is 138 cm³/mol. The summed E-state index contributed by atoms with van der Waals surface area (Å²) in [4.78, 5) is 24.1. The summed E-state index contributed by atoms with van der Waals surface area (Å²) in [5.41, 5.74) is 1.90. The Bertz CT molecular complexity index is 1090. The Balaban J connectivity index is 1.87. The lowest BCUT2D eigenvalue weighted by Gasteiger charge is -2.29. The molecule has 2 aromatic rings. The summed E-state index contributed by atoms with van der Waals surface area (Å²) >= 11 is 0. The van der Waals surface area contributed by atoms with Gasteiger partial charge >= 0.3 is 12.0 Å². The zero-order chi connectivity index (χ0) is 26.7. The largest absolute Gasteiger partial charge is 0.508 e. The number of aliphatic carboxylic acids is 1. The number of aromatic hydroxyl groups is 1. The molecule has 36 heavy (non-hydrogen) atoms. The highest BCUT2D eigenvalue weighted by Crippen LogP contribution is 2.23. The monoisotopic (exact) mass is 519 g/mol. The van der Waals surface area contributed by atoms with Crippen molar-refractivity contribution in [3.63, 3.8) is 0 Å². The topological polar surface area (TPSA) is 136 Å². The Morgan fingerprint density at radius 3 is 2.14 bits per heavy atom. The minimum absolute atomic E-state index is 0.0565. The first kappa shape index (κ1) is 29.1. The third-order valence-corrected chi connectivity index (χ3v) is 7.52. The molecule has 0 aromatic heterocycles. The highest BCUT2D eigenvalue weighted by Gasteiger charge is 2.35. The fraction of sp³-hybridized carbons (Fsp3) is 0.462. The first-order valence-electron chi connectivity index (χ1n) is 12.1. The van der Waals surface area contributed by atoms with Crippen LogP contribution in [0.25, 0.3) is 0 Å². The van der Waals surface area contributed by atoms with Gasteiger partial charge in [-0.25, -0.2) is 13.2 Å². The molecule has 0 saturated carbocycles. The number of phenolic OH excluding ortho intramolecular Hbond substituents is 1. The fourth-order valence-electron chi connectivity index (χ4n) is 3.70. The molecule has 0 spiro atoms. The van der Waals surface area contributed by atoms with Crippen molar-refractivity contribution in [2.75, 3.05) is 19.6 Å². The normalized spacial score (nSPS) is 12.5. The number of aryl methyl sites for hydroxylation is 1. The van der Waals surface area contributed by atoms with Gasteiger partial charge in [-0.1, -0.05) is 43.7 Å². The van der Waals surface area contributed by atoms with Gasteiger partial charge in [-0.05, 0) is 68.4 Å². The molecule has 0 aliphatic rings. The van der Waals surface area contributed by atoms with E-state index in [1.807, 2.05) is 20.8 Å². The minimum atomic E-state index is -3.99. The molecule has 0 bridgehead atoms. The molecule has 1 unspecified atom stereocenters. The van der Waals surface area contributed by atoms with E-state index in [2.05, 4.69) is 10.6 Å². The highest BCUT2D eigenvalue weighted by atomic mass is 32.2. The van der Waals surface area contributed by atoms with Crippen LogP contribution in [0.4, 0.5) is 4.79 Å². The first-order chi connectivity index (χ1) is 17.0. The number of carboxylic acids is 1. The van der Waals surface area contributed by atoms with Crippen LogP contribution >= 0.6 is 0 Å². The number of benzene rings is 2. The van der Waals surface area contributed by atoms with E-state index in [-0.39, 0.29) is 35.6 Å². The number of phenols is 1. The number of nitrogens with zero attached hydrogens (tertiary/aromatic N) is 1. The zero-order valence-electron chi connectivity index (χ0n) is 21.1. The van der Waals surface area contributed by atoms with Crippen molar-refractivity contribution < 1.29 is 28.2 Å². The lowest BCUT2D eigenvalue weighted by atomic mass is 10.1. The van der Waals surface area contributed by atoms with Gasteiger partial charge in [0.05, 0.1) is 4.90 Å². The smallest absolute Gasteiger partial charge is 0.322 e. The van der Waals surface area contributed by atoms with Gasteiger partial charge in [0.15, 0.2) is 0 Å². The second kappa shape index (κ2) is 13.8. The standard InChI is InChI=1S/C26H37N3O6S/c1-19(2)18-29(36(34,35)23-13-7-20(3)8-14-23)24(25(31)32)6-4-5-16-27-26(33)28-17-15-21-9-11-22(30)12-10-21/h7-14,19,24,30H,4-6,15-18H2,1-3H3,(H,31,32)(H2,27,28,33). The van der Waals surface area contributed by atoms with Crippen molar-refractivity contribution in [3.8, 4) is 5.75 Å². The molecule has 2 rings (SSSR count). The molecule has 9 nitrogen and oxygen atoms in total. The van der Waals surface area contributed by atoms with Gasteiger partial charge in [-0.3, -0.25) is 4.79 Å². The SMILES string of the molecule is Cc1ccc(S(=O)(=O)N(CC(C)C)C(CCCCNC(=O)NCCc2ccc(O)cc2)C(=O)O)cc1. The molecular formula is C26H37N3O6S. The van der Waals surface area contributed by atoms with Gasteiger partial charge in [0, 0.05) is 19.6 Å². The molecule has 2 aromatic carbocycles. The van der Waals surface area contributed by atoms with Crippen LogP contribution in [0.3, 0.4) is 0 Å². The van der Waals surface area contributed by atoms with Gasteiger partial charge in [-0.15, -0.1) is 0 Å². The maximum Gasteiger partial charge on any atom is 0.322 e. The van der Waals surface area contributed by atoms with Crippen molar-refractivity contribution in [2.24, 2.45) is 5.92 Å². The molecule has 1 atom stereocenters. The number of carbonyl (C=O) groups is 2. The van der Waals surface area contributed by atoms with Crippen LogP contribution in [-0.2, 0) is 21.2 Å². The molecule has 10 heteroatoms. The number of nitrogens with one attached hydrogen (secondary N) is 2. The van der Waals surface area contributed by atoms with Gasteiger partial charge in [0.25, 0.3) is 0 Å². The Labute approximate surface area is 213 Å². The van der Waals surface area contributed by atoms with E-state index in [0.29, 0.717) is 32.4 Å². The first-order valence-corrected chi connectivity index (χ1v) is 13.6. The number of hydrogen-bond donors (Lipinski definition) is 4. The summed E-state index contributed by atoms with van der Waals surface area (Å²) in [6, 6.07) is 11.6. The molecule has 0 aliphatic carbocycles. The Morgan fingerprint density at radius 2 is 1.56 bits per heavy atom. The Morgan fingerprint density at radius 1 is 0.944 bits per heavy atom. The lowest BCUT2D eigenvalue weighted by Crippen LogP contribution is -2.46. The fourth-order valence-corrected chi connectivity index (χ4v) is 5.47. The van der Waals surface area contributed by atoms with E-state index in [0.717, 1.165) is 15.4 Å². The second-order valence-electron chi connectivity index (χ2n) is 9.23. The third kappa shape index (κ3) is 9.16.